The molecule has 3 aromatic heterocycles. The number of ether oxygens (including phenoxy) is 1. The Bertz CT molecular complexity index is 843. The highest BCUT2D eigenvalue weighted by Gasteiger charge is 2.12. The third kappa shape index (κ3) is 4.55. The number of aromatic nitrogens is 3. The molecule has 1 unspecified atom stereocenters. The van der Waals surface area contributed by atoms with Crippen LogP contribution < -0.4 is 4.74 Å². The minimum atomic E-state index is 0.124. The van der Waals surface area contributed by atoms with E-state index in [1.807, 2.05) is 35.0 Å². The molecule has 0 aromatic carbocycles. The van der Waals surface area contributed by atoms with Crippen LogP contribution in [0.2, 0.25) is 4.34 Å². The van der Waals surface area contributed by atoms with E-state index in [0.717, 1.165) is 53.0 Å². The number of nitrogens with zero attached hydrogens (tertiary/aromatic N) is 4. The van der Waals surface area contributed by atoms with Gasteiger partial charge in [-0.25, -0.2) is 9.50 Å². The Morgan fingerprint density at radius 3 is 2.73 bits per heavy atom. The second kappa shape index (κ2) is 8.84. The Hall–Kier alpha value is -1.63. The first-order valence-corrected chi connectivity index (χ1v) is 10.3. The fourth-order valence-corrected chi connectivity index (χ4v) is 3.98. The first-order valence-electron chi connectivity index (χ1n) is 9.10. The van der Waals surface area contributed by atoms with Gasteiger partial charge in [-0.2, -0.15) is 0 Å². The summed E-state index contributed by atoms with van der Waals surface area (Å²) in [6.45, 7) is 9.80. The molecule has 3 aromatic rings. The number of halogens is 1. The summed E-state index contributed by atoms with van der Waals surface area (Å²) in [5.41, 5.74) is 1.72. The molecule has 0 fully saturated rings. The number of imidazole rings is 1. The van der Waals surface area contributed by atoms with E-state index in [1.54, 1.807) is 0 Å². The van der Waals surface area contributed by atoms with Crippen LogP contribution >= 0.6 is 22.9 Å². The third-order valence-electron chi connectivity index (χ3n) is 4.46. The molecular weight excluding hydrogens is 368 g/mol. The van der Waals surface area contributed by atoms with Crippen molar-refractivity contribution in [3.63, 3.8) is 0 Å². The molecule has 0 spiro atoms. The van der Waals surface area contributed by atoms with Crippen molar-refractivity contribution in [1.29, 1.82) is 0 Å². The molecule has 0 amide bonds. The van der Waals surface area contributed by atoms with Crippen molar-refractivity contribution < 1.29 is 4.74 Å². The van der Waals surface area contributed by atoms with Gasteiger partial charge in [0.15, 0.2) is 5.65 Å². The molecule has 1 atom stereocenters. The first kappa shape index (κ1) is 19.1. The molecule has 3 heterocycles. The van der Waals surface area contributed by atoms with Crippen molar-refractivity contribution in [3.05, 3.63) is 34.8 Å². The topological polar surface area (TPSA) is 42.7 Å². The summed E-state index contributed by atoms with van der Waals surface area (Å²) in [4.78, 5) is 7.89. The first-order chi connectivity index (χ1) is 12.6. The molecule has 0 radical (unpaired) electrons. The molecule has 0 aliphatic heterocycles. The van der Waals surface area contributed by atoms with Crippen LogP contribution in [0.15, 0.2) is 30.5 Å². The number of fused-ring (bicyclic) bond motifs is 1. The standard InChI is InChI=1S/C19H25ClN4OS/c1-4-23(5-2)12-6-7-14(3)25-19-11-10-18-21-13-15(24(18)22-19)16-8-9-17(20)26-16/h8-11,13-14H,4-7,12H2,1-3H3. The van der Waals surface area contributed by atoms with Crippen LogP contribution in [0.25, 0.3) is 16.2 Å². The van der Waals surface area contributed by atoms with Crippen LogP contribution in [-0.2, 0) is 0 Å². The number of hydrogen-bond acceptors (Lipinski definition) is 5. The minimum absolute atomic E-state index is 0.124. The van der Waals surface area contributed by atoms with E-state index in [9.17, 15) is 0 Å². The van der Waals surface area contributed by atoms with Crippen molar-refractivity contribution in [3.8, 4) is 16.5 Å². The molecule has 26 heavy (non-hydrogen) atoms. The van der Waals surface area contributed by atoms with Crippen LogP contribution in [0.3, 0.4) is 0 Å². The van der Waals surface area contributed by atoms with Gasteiger partial charge in [0.25, 0.3) is 0 Å². The maximum absolute atomic E-state index is 6.06. The van der Waals surface area contributed by atoms with Crippen molar-refractivity contribution >= 4 is 28.6 Å². The normalized spacial score (nSPS) is 12.8. The SMILES string of the molecule is CCN(CC)CCCC(C)Oc1ccc2ncc(-c3ccc(Cl)s3)n2n1. The van der Waals surface area contributed by atoms with Gasteiger partial charge in [0.2, 0.25) is 5.88 Å². The Morgan fingerprint density at radius 2 is 2.04 bits per heavy atom. The molecule has 0 saturated heterocycles. The van der Waals surface area contributed by atoms with Gasteiger partial charge in [0.1, 0.15) is 5.69 Å². The highest BCUT2D eigenvalue weighted by Crippen LogP contribution is 2.31. The van der Waals surface area contributed by atoms with Gasteiger partial charge in [0.05, 0.1) is 21.5 Å². The zero-order chi connectivity index (χ0) is 18.5. The lowest BCUT2D eigenvalue weighted by molar-refractivity contribution is 0.186. The van der Waals surface area contributed by atoms with Crippen molar-refractivity contribution in [2.45, 2.75) is 39.7 Å². The summed E-state index contributed by atoms with van der Waals surface area (Å²) in [5.74, 6) is 0.620. The lowest BCUT2D eigenvalue weighted by Crippen LogP contribution is -2.25. The Labute approximate surface area is 163 Å². The molecule has 0 bridgehead atoms. The Balaban J connectivity index is 1.67. The highest BCUT2D eigenvalue weighted by molar-refractivity contribution is 7.19. The van der Waals surface area contributed by atoms with Gasteiger partial charge in [0, 0.05) is 6.07 Å². The maximum Gasteiger partial charge on any atom is 0.232 e. The molecule has 0 aliphatic carbocycles. The quantitative estimate of drug-likeness (QED) is 0.513. The monoisotopic (exact) mass is 392 g/mol. The Morgan fingerprint density at radius 1 is 1.23 bits per heavy atom. The second-order valence-corrected chi connectivity index (χ2v) is 8.00. The smallest absolute Gasteiger partial charge is 0.232 e. The molecule has 3 rings (SSSR count). The predicted octanol–water partition coefficient (Wildman–Crippen LogP) is 5.00. The average molecular weight is 393 g/mol. The average Bonchev–Trinajstić information content (AvgIpc) is 3.24. The van der Waals surface area contributed by atoms with Crippen LogP contribution in [0.1, 0.15) is 33.6 Å². The fourth-order valence-electron chi connectivity index (χ4n) is 2.95. The van der Waals surface area contributed by atoms with Crippen molar-refractivity contribution in [1.82, 2.24) is 19.5 Å². The zero-order valence-electron chi connectivity index (χ0n) is 15.5. The van der Waals surface area contributed by atoms with E-state index in [-0.39, 0.29) is 6.10 Å². The summed E-state index contributed by atoms with van der Waals surface area (Å²) in [5, 5.41) is 4.62. The third-order valence-corrected chi connectivity index (χ3v) is 5.72. The van der Waals surface area contributed by atoms with E-state index in [1.165, 1.54) is 11.3 Å². The van der Waals surface area contributed by atoms with Crippen LogP contribution in [0.5, 0.6) is 5.88 Å². The zero-order valence-corrected chi connectivity index (χ0v) is 17.1. The summed E-state index contributed by atoms with van der Waals surface area (Å²) < 4.78 is 8.61. The van der Waals surface area contributed by atoms with E-state index in [4.69, 9.17) is 16.3 Å². The predicted molar refractivity (Wildman–Crippen MR) is 108 cm³/mol. The van der Waals surface area contributed by atoms with Crippen molar-refractivity contribution in [2.75, 3.05) is 19.6 Å². The van der Waals surface area contributed by atoms with Crippen LogP contribution in [0, 0.1) is 0 Å². The lowest BCUT2D eigenvalue weighted by Gasteiger charge is -2.19. The molecule has 0 aliphatic rings. The lowest BCUT2D eigenvalue weighted by atomic mass is 10.2. The van der Waals surface area contributed by atoms with Gasteiger partial charge in [-0.05, 0) is 57.6 Å². The van der Waals surface area contributed by atoms with Gasteiger partial charge < -0.3 is 9.64 Å². The largest absolute Gasteiger partial charge is 0.474 e. The summed E-state index contributed by atoms with van der Waals surface area (Å²) in [6.07, 6.45) is 4.07. The molecule has 7 heteroatoms. The van der Waals surface area contributed by atoms with Gasteiger partial charge in [-0.1, -0.05) is 25.4 Å². The molecule has 0 N–H and O–H groups in total. The fraction of sp³-hybridized carbons (Fsp3) is 0.474. The van der Waals surface area contributed by atoms with Gasteiger partial charge in [-0.15, -0.1) is 16.4 Å². The summed E-state index contributed by atoms with van der Waals surface area (Å²) in [6, 6.07) is 7.69. The summed E-state index contributed by atoms with van der Waals surface area (Å²) >= 11 is 7.58. The summed E-state index contributed by atoms with van der Waals surface area (Å²) in [7, 11) is 0. The molecule has 5 nitrogen and oxygen atoms in total. The van der Waals surface area contributed by atoms with E-state index >= 15 is 0 Å². The molecule has 140 valence electrons. The maximum atomic E-state index is 6.06. The molecular formula is C19H25ClN4OS. The van der Waals surface area contributed by atoms with Gasteiger partial charge >= 0.3 is 0 Å². The van der Waals surface area contributed by atoms with E-state index < -0.39 is 0 Å². The number of rotatable bonds is 9. The highest BCUT2D eigenvalue weighted by atomic mass is 35.5. The minimum Gasteiger partial charge on any atom is -0.474 e. The van der Waals surface area contributed by atoms with Crippen LogP contribution in [-0.4, -0.2) is 45.2 Å². The van der Waals surface area contributed by atoms with Gasteiger partial charge in [-0.3, -0.25) is 0 Å². The number of hydrogen-bond donors (Lipinski definition) is 0. The Kier molecular flexibility index (Phi) is 6.51. The molecule has 0 saturated carbocycles. The van der Waals surface area contributed by atoms with Crippen molar-refractivity contribution in [2.24, 2.45) is 0 Å². The second-order valence-electron chi connectivity index (χ2n) is 6.29. The number of thiophene rings is 1. The van der Waals surface area contributed by atoms with E-state index in [0.29, 0.717) is 5.88 Å². The van der Waals surface area contributed by atoms with Crippen LogP contribution in [0.4, 0.5) is 0 Å². The van der Waals surface area contributed by atoms with E-state index in [2.05, 4.69) is 35.8 Å².